The zero-order valence-electron chi connectivity index (χ0n) is 17.2. The maximum Gasteiger partial charge on any atom is 0.573 e. The number of benzene rings is 1. The number of likely N-dealkylation sites (tertiary alicyclic amines) is 1. The Bertz CT molecular complexity index is 1110. The van der Waals surface area contributed by atoms with Crippen LogP contribution in [-0.2, 0) is 6.42 Å². The van der Waals surface area contributed by atoms with E-state index in [0.29, 0.717) is 54.5 Å². The van der Waals surface area contributed by atoms with Crippen molar-refractivity contribution in [3.63, 3.8) is 0 Å². The number of carbonyl (C=O) groups is 1. The first-order valence-electron chi connectivity index (χ1n) is 10.2. The fourth-order valence-electron chi connectivity index (χ4n) is 3.78. The predicted molar refractivity (Wildman–Crippen MR) is 112 cm³/mol. The largest absolute Gasteiger partial charge is 0.573 e. The van der Waals surface area contributed by atoms with Gasteiger partial charge in [-0.3, -0.25) is 9.20 Å². The number of aryl methyl sites for hydroxylation is 1. The van der Waals surface area contributed by atoms with Crippen LogP contribution in [0, 0.1) is 0 Å². The molecule has 1 aliphatic rings. The van der Waals surface area contributed by atoms with Crippen LogP contribution < -0.4 is 9.47 Å². The molecule has 32 heavy (non-hydrogen) atoms. The van der Waals surface area contributed by atoms with Gasteiger partial charge in [-0.1, -0.05) is 18.5 Å². The predicted octanol–water partition coefficient (Wildman–Crippen LogP) is 5.13. The monoisotopic (exact) mass is 467 g/mol. The Balaban J connectivity index is 1.39. The van der Waals surface area contributed by atoms with Gasteiger partial charge >= 0.3 is 6.36 Å². The molecular formula is C22H21ClF3N3O3. The minimum absolute atomic E-state index is 0.108. The van der Waals surface area contributed by atoms with Crippen LogP contribution in [0.1, 0.15) is 35.9 Å². The van der Waals surface area contributed by atoms with Crippen LogP contribution in [0.15, 0.2) is 42.6 Å². The highest BCUT2D eigenvalue weighted by Crippen LogP contribution is 2.27. The summed E-state index contributed by atoms with van der Waals surface area (Å²) in [5.41, 5.74) is 1.91. The van der Waals surface area contributed by atoms with Gasteiger partial charge in [0.2, 0.25) is 0 Å². The molecule has 0 saturated carbocycles. The van der Waals surface area contributed by atoms with Crippen molar-refractivity contribution in [1.82, 2.24) is 14.3 Å². The van der Waals surface area contributed by atoms with Crippen molar-refractivity contribution < 1.29 is 27.4 Å². The Hall–Kier alpha value is -2.94. The summed E-state index contributed by atoms with van der Waals surface area (Å²) in [7, 11) is 0. The van der Waals surface area contributed by atoms with E-state index in [9.17, 15) is 18.0 Å². The van der Waals surface area contributed by atoms with Gasteiger partial charge in [0.15, 0.2) is 0 Å². The molecule has 0 unspecified atom stereocenters. The molecule has 0 bridgehead atoms. The van der Waals surface area contributed by atoms with Gasteiger partial charge < -0.3 is 14.4 Å². The molecule has 0 aliphatic carbocycles. The van der Waals surface area contributed by atoms with Gasteiger partial charge in [0, 0.05) is 32.1 Å². The van der Waals surface area contributed by atoms with E-state index in [-0.39, 0.29) is 17.8 Å². The Morgan fingerprint density at radius 1 is 1.12 bits per heavy atom. The molecular weight excluding hydrogens is 447 g/mol. The van der Waals surface area contributed by atoms with E-state index in [0.717, 1.165) is 5.69 Å². The standard InChI is InChI=1S/C22H21ClF3N3O3/c1-2-18-20(29-13-14(23)3-8-19(29)27-18)21(30)28-11-9-16(10-12-28)31-15-4-6-17(7-5-15)32-22(24,25)26/h3-8,13,16H,2,9-12H2,1H3. The molecule has 1 aromatic carbocycles. The number of hydrogen-bond donors (Lipinski definition) is 0. The number of rotatable bonds is 5. The fraction of sp³-hybridized carbons (Fsp3) is 0.364. The first-order valence-corrected chi connectivity index (χ1v) is 10.6. The van der Waals surface area contributed by atoms with E-state index in [4.69, 9.17) is 16.3 Å². The second-order valence-electron chi connectivity index (χ2n) is 7.46. The van der Waals surface area contributed by atoms with E-state index in [1.807, 2.05) is 6.92 Å². The Morgan fingerprint density at radius 3 is 2.41 bits per heavy atom. The van der Waals surface area contributed by atoms with Crippen molar-refractivity contribution >= 4 is 23.2 Å². The van der Waals surface area contributed by atoms with E-state index in [1.54, 1.807) is 27.6 Å². The molecule has 1 saturated heterocycles. The molecule has 0 N–H and O–H groups in total. The number of halogens is 4. The minimum Gasteiger partial charge on any atom is -0.490 e. The Morgan fingerprint density at radius 2 is 1.78 bits per heavy atom. The molecule has 4 rings (SSSR count). The summed E-state index contributed by atoms with van der Waals surface area (Å²) >= 11 is 6.12. The molecule has 0 radical (unpaired) electrons. The highest BCUT2D eigenvalue weighted by Gasteiger charge is 2.31. The molecule has 1 fully saturated rings. The van der Waals surface area contributed by atoms with Crippen molar-refractivity contribution in [2.45, 2.75) is 38.7 Å². The van der Waals surface area contributed by atoms with Crippen LogP contribution >= 0.6 is 11.6 Å². The number of pyridine rings is 1. The molecule has 2 aromatic heterocycles. The zero-order valence-corrected chi connectivity index (χ0v) is 18.0. The summed E-state index contributed by atoms with van der Waals surface area (Å²) in [5.74, 6) is 0.0443. The highest BCUT2D eigenvalue weighted by molar-refractivity contribution is 6.30. The van der Waals surface area contributed by atoms with Gasteiger partial charge in [0.25, 0.3) is 5.91 Å². The minimum atomic E-state index is -4.73. The van der Waals surface area contributed by atoms with Gasteiger partial charge in [0.1, 0.15) is 28.9 Å². The molecule has 1 amide bonds. The van der Waals surface area contributed by atoms with Crippen molar-refractivity contribution in [2.24, 2.45) is 0 Å². The number of piperidine rings is 1. The van der Waals surface area contributed by atoms with Crippen LogP contribution in [0.2, 0.25) is 5.02 Å². The summed E-state index contributed by atoms with van der Waals surface area (Å²) in [6, 6.07) is 8.82. The van der Waals surface area contributed by atoms with Gasteiger partial charge in [-0.05, 0) is 42.8 Å². The molecule has 1 aliphatic heterocycles. The summed E-state index contributed by atoms with van der Waals surface area (Å²) < 4.78 is 48.3. The topological polar surface area (TPSA) is 56.1 Å². The van der Waals surface area contributed by atoms with Crippen molar-refractivity contribution in [2.75, 3.05) is 13.1 Å². The first kappa shape index (κ1) is 22.3. The molecule has 6 nitrogen and oxygen atoms in total. The summed E-state index contributed by atoms with van der Waals surface area (Å²) in [6.07, 6.45) is -1.36. The van der Waals surface area contributed by atoms with Crippen LogP contribution in [0.25, 0.3) is 5.65 Å². The number of aromatic nitrogens is 2. The second kappa shape index (κ2) is 8.90. The summed E-state index contributed by atoms with van der Waals surface area (Å²) in [4.78, 5) is 19.6. The molecule has 3 aromatic rings. The van der Waals surface area contributed by atoms with Crippen molar-refractivity contribution in [3.05, 3.63) is 59.0 Å². The third-order valence-corrected chi connectivity index (χ3v) is 5.50. The third-order valence-electron chi connectivity index (χ3n) is 5.28. The average Bonchev–Trinajstić information content (AvgIpc) is 3.12. The normalized spacial score (nSPS) is 15.2. The van der Waals surface area contributed by atoms with E-state index >= 15 is 0 Å². The van der Waals surface area contributed by atoms with E-state index < -0.39 is 6.36 Å². The van der Waals surface area contributed by atoms with Gasteiger partial charge in [-0.15, -0.1) is 13.2 Å². The number of alkyl halides is 3. The van der Waals surface area contributed by atoms with Gasteiger partial charge in [0.05, 0.1) is 10.7 Å². The molecule has 10 heteroatoms. The Kier molecular flexibility index (Phi) is 6.19. The van der Waals surface area contributed by atoms with Crippen molar-refractivity contribution in [1.29, 1.82) is 0 Å². The van der Waals surface area contributed by atoms with Crippen molar-refractivity contribution in [3.8, 4) is 11.5 Å². The molecule has 0 spiro atoms. The molecule has 170 valence electrons. The third kappa shape index (κ3) is 4.93. The lowest BCUT2D eigenvalue weighted by Gasteiger charge is -2.32. The second-order valence-corrected chi connectivity index (χ2v) is 7.90. The van der Waals surface area contributed by atoms with Gasteiger partial charge in [-0.25, -0.2) is 4.98 Å². The van der Waals surface area contributed by atoms with Crippen LogP contribution in [0.5, 0.6) is 11.5 Å². The lowest BCUT2D eigenvalue weighted by Crippen LogP contribution is -2.42. The smallest absolute Gasteiger partial charge is 0.490 e. The van der Waals surface area contributed by atoms with E-state index in [2.05, 4.69) is 9.72 Å². The fourth-order valence-corrected chi connectivity index (χ4v) is 3.94. The molecule has 3 heterocycles. The van der Waals surface area contributed by atoms with Crippen LogP contribution in [0.3, 0.4) is 0 Å². The van der Waals surface area contributed by atoms with E-state index in [1.165, 1.54) is 24.3 Å². The summed E-state index contributed by atoms with van der Waals surface area (Å²) in [6.45, 7) is 2.94. The number of nitrogens with zero attached hydrogens (tertiary/aromatic N) is 3. The maximum absolute atomic E-state index is 13.3. The number of hydrogen-bond acceptors (Lipinski definition) is 4. The van der Waals surface area contributed by atoms with Gasteiger partial charge in [-0.2, -0.15) is 0 Å². The lowest BCUT2D eigenvalue weighted by molar-refractivity contribution is -0.274. The number of ether oxygens (including phenoxy) is 2. The van der Waals surface area contributed by atoms with Crippen LogP contribution in [0.4, 0.5) is 13.2 Å². The average molecular weight is 468 g/mol. The zero-order chi connectivity index (χ0) is 22.9. The summed E-state index contributed by atoms with van der Waals surface area (Å²) in [5, 5.41) is 0.519. The Labute approximate surface area is 187 Å². The number of fused-ring (bicyclic) bond motifs is 1. The number of amides is 1. The SMILES string of the molecule is CCc1nc2ccc(Cl)cn2c1C(=O)N1CCC(Oc2ccc(OC(F)(F)F)cc2)CC1. The molecule has 0 atom stereocenters. The van der Waals surface area contributed by atoms with Crippen LogP contribution in [-0.4, -0.2) is 45.7 Å². The highest BCUT2D eigenvalue weighted by atomic mass is 35.5. The maximum atomic E-state index is 13.3. The number of carbonyl (C=O) groups excluding carboxylic acids is 1. The number of imidazole rings is 1. The quantitative estimate of drug-likeness (QED) is 0.522. The first-order chi connectivity index (χ1) is 15.2. The lowest BCUT2D eigenvalue weighted by atomic mass is 10.1.